The van der Waals surface area contributed by atoms with Gasteiger partial charge in [0.2, 0.25) is 0 Å². The number of tetrazole rings is 1. The number of aromatic nitrogens is 7. The molecule has 0 fully saturated rings. The third-order valence-corrected chi connectivity index (χ3v) is 5.62. The predicted octanol–water partition coefficient (Wildman–Crippen LogP) is 3.69. The monoisotopic (exact) mass is 610 g/mol. The fourth-order valence-corrected chi connectivity index (χ4v) is 3.81. The summed E-state index contributed by atoms with van der Waals surface area (Å²) in [4.78, 5) is 27.0. The highest BCUT2D eigenvalue weighted by atomic mass is 35.5. The van der Waals surface area contributed by atoms with Crippen LogP contribution >= 0.6 is 11.6 Å². The fraction of sp³-hybridized carbons (Fsp3) is 0.250. The zero-order valence-corrected chi connectivity index (χ0v) is 22.5. The van der Waals surface area contributed by atoms with Crippen LogP contribution in [0, 0.1) is 18.3 Å². The number of carbonyl (C=O) groups is 2. The molecule has 0 atom stereocenters. The normalized spacial score (nSPS) is 11.0. The number of pyridine rings is 1. The van der Waals surface area contributed by atoms with E-state index in [-0.39, 0.29) is 34.3 Å². The van der Waals surface area contributed by atoms with E-state index in [0.29, 0.717) is 27.8 Å². The van der Waals surface area contributed by atoms with E-state index in [1.54, 1.807) is 32.2 Å². The quantitative estimate of drug-likeness (QED) is 0.224. The van der Waals surface area contributed by atoms with Gasteiger partial charge in [-0.15, -0.1) is 5.10 Å². The summed E-state index contributed by atoms with van der Waals surface area (Å²) in [7, 11) is 1.62. The van der Waals surface area contributed by atoms with Crippen LogP contribution in [0.3, 0.4) is 0 Å². The molecule has 0 spiro atoms. The lowest BCUT2D eigenvalue weighted by molar-refractivity contribution is -0.147. The topological polar surface area (TPSA) is 156 Å². The molecule has 3 heterocycles. The smallest absolute Gasteiger partial charge is 0.387 e. The van der Waals surface area contributed by atoms with Crippen LogP contribution in [0.15, 0.2) is 36.5 Å². The molecule has 4 aromatic rings. The predicted molar refractivity (Wildman–Crippen MR) is 137 cm³/mol. The minimum Gasteiger partial charge on any atom is -0.387 e. The van der Waals surface area contributed by atoms with Gasteiger partial charge < -0.3 is 10.6 Å². The van der Waals surface area contributed by atoms with E-state index in [9.17, 15) is 31.5 Å². The molecule has 0 aliphatic carbocycles. The SMILES string of the molecule is CNc1c(C)cc(C#N)cc1C(=O)NCC(F)F.O=Cc1cc(Cn2nnnc2C(F)(F)F)nn1-c1ncccc1Cl. The summed E-state index contributed by atoms with van der Waals surface area (Å²) in [6, 6.07) is 9.36. The molecule has 0 bridgehead atoms. The van der Waals surface area contributed by atoms with Gasteiger partial charge in [0.15, 0.2) is 12.1 Å². The molecular formula is C24H20ClF5N10O2. The van der Waals surface area contributed by atoms with Gasteiger partial charge >= 0.3 is 6.18 Å². The van der Waals surface area contributed by atoms with Crippen molar-refractivity contribution in [3.63, 3.8) is 0 Å². The second-order valence-corrected chi connectivity index (χ2v) is 8.64. The van der Waals surface area contributed by atoms with Crippen LogP contribution in [-0.2, 0) is 12.7 Å². The van der Waals surface area contributed by atoms with Crippen LogP contribution in [0.1, 0.15) is 43.5 Å². The molecule has 18 heteroatoms. The Labute approximate surface area is 239 Å². The molecular weight excluding hydrogens is 591 g/mol. The number of anilines is 1. The number of hydrogen-bond acceptors (Lipinski definition) is 9. The summed E-state index contributed by atoms with van der Waals surface area (Å²) < 4.78 is 64.1. The van der Waals surface area contributed by atoms with Gasteiger partial charge in [-0.05, 0) is 53.2 Å². The molecule has 2 N–H and O–H groups in total. The second kappa shape index (κ2) is 13.6. The van der Waals surface area contributed by atoms with E-state index >= 15 is 0 Å². The van der Waals surface area contributed by atoms with Crippen molar-refractivity contribution in [3.8, 4) is 11.9 Å². The number of alkyl halides is 5. The fourth-order valence-electron chi connectivity index (χ4n) is 3.61. The minimum absolute atomic E-state index is 0.0761. The molecule has 0 radical (unpaired) electrons. The Balaban J connectivity index is 0.000000241. The van der Waals surface area contributed by atoms with Crippen LogP contribution in [0.4, 0.5) is 27.6 Å². The second-order valence-electron chi connectivity index (χ2n) is 8.24. The molecule has 0 saturated carbocycles. The number of nitrogens with one attached hydrogen (secondary N) is 2. The maximum absolute atomic E-state index is 12.8. The van der Waals surface area contributed by atoms with Gasteiger partial charge in [-0.25, -0.2) is 23.1 Å². The highest BCUT2D eigenvalue weighted by Gasteiger charge is 2.38. The molecule has 220 valence electrons. The van der Waals surface area contributed by atoms with Crippen molar-refractivity contribution in [2.45, 2.75) is 26.1 Å². The lowest BCUT2D eigenvalue weighted by Gasteiger charge is -2.12. The number of aryl methyl sites for hydroxylation is 1. The first-order valence-corrected chi connectivity index (χ1v) is 12.0. The van der Waals surface area contributed by atoms with Gasteiger partial charge in [0.05, 0.1) is 41.0 Å². The third-order valence-electron chi connectivity index (χ3n) is 5.32. The number of nitriles is 1. The molecule has 3 aromatic heterocycles. The molecule has 1 amide bonds. The molecule has 12 nitrogen and oxygen atoms in total. The van der Waals surface area contributed by atoms with E-state index < -0.39 is 30.9 Å². The lowest BCUT2D eigenvalue weighted by Crippen LogP contribution is -2.29. The van der Waals surface area contributed by atoms with Gasteiger partial charge in [0.25, 0.3) is 18.2 Å². The Kier molecular flexibility index (Phi) is 10.2. The van der Waals surface area contributed by atoms with Crippen molar-refractivity contribution in [2.24, 2.45) is 0 Å². The molecule has 0 aliphatic rings. The molecule has 42 heavy (non-hydrogen) atoms. The van der Waals surface area contributed by atoms with E-state index in [0.717, 1.165) is 4.68 Å². The van der Waals surface area contributed by atoms with Crippen LogP contribution in [0.5, 0.6) is 0 Å². The maximum atomic E-state index is 12.8. The Bertz CT molecular complexity index is 1610. The zero-order chi connectivity index (χ0) is 31.0. The Morgan fingerprint density at radius 1 is 1.26 bits per heavy atom. The number of nitrogens with zero attached hydrogens (tertiary/aromatic N) is 8. The number of benzene rings is 1. The average Bonchev–Trinajstić information content (AvgIpc) is 3.59. The van der Waals surface area contributed by atoms with Crippen molar-refractivity contribution in [1.29, 1.82) is 5.26 Å². The van der Waals surface area contributed by atoms with Crippen molar-refractivity contribution in [1.82, 2.24) is 40.3 Å². The van der Waals surface area contributed by atoms with Gasteiger partial charge in [0.1, 0.15) is 5.69 Å². The molecule has 1 aromatic carbocycles. The van der Waals surface area contributed by atoms with Crippen molar-refractivity contribution in [2.75, 3.05) is 18.9 Å². The summed E-state index contributed by atoms with van der Waals surface area (Å²) in [5, 5.41) is 27.3. The Hall–Kier alpha value is -4.98. The Morgan fingerprint density at radius 3 is 2.60 bits per heavy atom. The largest absolute Gasteiger partial charge is 0.453 e. The van der Waals surface area contributed by atoms with Crippen molar-refractivity contribution >= 4 is 29.5 Å². The summed E-state index contributed by atoms with van der Waals surface area (Å²) in [6.07, 6.45) is -5.37. The van der Waals surface area contributed by atoms with Gasteiger partial charge in [0, 0.05) is 18.9 Å². The third kappa shape index (κ3) is 7.60. The van der Waals surface area contributed by atoms with E-state index in [1.165, 1.54) is 18.3 Å². The number of amides is 1. The van der Waals surface area contributed by atoms with Gasteiger partial charge in [-0.3, -0.25) is 9.59 Å². The zero-order valence-electron chi connectivity index (χ0n) is 21.7. The first-order chi connectivity index (χ1) is 19.9. The number of hydrogen-bond donors (Lipinski definition) is 2. The first kappa shape index (κ1) is 31.5. The van der Waals surface area contributed by atoms with Crippen LogP contribution in [0.25, 0.3) is 5.82 Å². The van der Waals surface area contributed by atoms with E-state index in [2.05, 4.69) is 36.2 Å². The average molecular weight is 611 g/mol. The molecule has 4 rings (SSSR count). The molecule has 0 unspecified atom stereocenters. The highest BCUT2D eigenvalue weighted by molar-refractivity contribution is 6.32. The maximum Gasteiger partial charge on any atom is 0.453 e. The minimum atomic E-state index is -4.70. The lowest BCUT2D eigenvalue weighted by atomic mass is 10.0. The number of carbonyl (C=O) groups excluding carboxylic acids is 2. The summed E-state index contributed by atoms with van der Waals surface area (Å²) in [5.41, 5.74) is 1.95. The number of halogens is 6. The van der Waals surface area contributed by atoms with E-state index in [4.69, 9.17) is 16.9 Å². The summed E-state index contributed by atoms with van der Waals surface area (Å²) in [6.45, 7) is 0.647. The van der Waals surface area contributed by atoms with Gasteiger partial charge in [-0.1, -0.05) is 11.6 Å². The summed E-state index contributed by atoms with van der Waals surface area (Å²) in [5.74, 6) is -1.71. The van der Waals surface area contributed by atoms with Crippen molar-refractivity contribution in [3.05, 3.63) is 75.5 Å². The van der Waals surface area contributed by atoms with Crippen LogP contribution < -0.4 is 10.6 Å². The highest BCUT2D eigenvalue weighted by Crippen LogP contribution is 2.27. The Morgan fingerprint density at radius 2 is 2.00 bits per heavy atom. The van der Waals surface area contributed by atoms with Crippen LogP contribution in [0.2, 0.25) is 5.02 Å². The standard InChI is InChI=1S/C12H7ClF3N7O.C12H13F2N3O/c13-9-2-1-3-17-10(9)23-8(6-24)4-7(19-23)5-22-11(12(14,15)16)18-20-21-22;1-7-3-8(5-15)4-9(11(7)16-2)12(18)17-6-10(13)14/h1-4,6H,5H2;3-4,10,16H,6H2,1-2H3,(H,17,18). The summed E-state index contributed by atoms with van der Waals surface area (Å²) >= 11 is 6.00. The molecule has 0 aliphatic heterocycles. The first-order valence-electron chi connectivity index (χ1n) is 11.7. The van der Waals surface area contributed by atoms with E-state index in [1.807, 2.05) is 6.07 Å². The number of rotatable bonds is 8. The molecule has 0 saturated heterocycles. The van der Waals surface area contributed by atoms with Crippen molar-refractivity contribution < 1.29 is 31.5 Å². The van der Waals surface area contributed by atoms with Gasteiger partial charge in [-0.2, -0.15) is 23.5 Å². The number of aldehydes is 1. The van der Waals surface area contributed by atoms with Crippen LogP contribution in [-0.4, -0.2) is 67.2 Å².